The van der Waals surface area contributed by atoms with Crippen LogP contribution in [0.5, 0.6) is 5.75 Å². The molecule has 0 aliphatic heterocycles. The monoisotopic (exact) mass is 373 g/mol. The van der Waals surface area contributed by atoms with Crippen LogP contribution < -0.4 is 10.1 Å². The highest BCUT2D eigenvalue weighted by Crippen LogP contribution is 2.38. The molecule has 9 heteroatoms. The number of aromatic nitrogens is 4. The van der Waals surface area contributed by atoms with Crippen molar-refractivity contribution in [3.05, 3.63) is 42.2 Å². The van der Waals surface area contributed by atoms with Gasteiger partial charge in [0.05, 0.1) is 11.4 Å². The SMILES string of the molecule is CS(=O)(=O)c1ccc(OCCNc2ccc3nnc(C4CC4)n3n2)cc1. The van der Waals surface area contributed by atoms with Gasteiger partial charge in [-0.1, -0.05) is 0 Å². The van der Waals surface area contributed by atoms with Gasteiger partial charge in [0, 0.05) is 12.2 Å². The van der Waals surface area contributed by atoms with Gasteiger partial charge in [0.15, 0.2) is 21.3 Å². The molecule has 1 fully saturated rings. The summed E-state index contributed by atoms with van der Waals surface area (Å²) in [5.74, 6) is 2.75. The minimum atomic E-state index is -3.19. The van der Waals surface area contributed by atoms with Crippen LogP contribution in [0, 0.1) is 0 Å². The molecule has 2 heterocycles. The second kappa shape index (κ2) is 6.56. The summed E-state index contributed by atoms with van der Waals surface area (Å²) in [4.78, 5) is 0.279. The highest BCUT2D eigenvalue weighted by molar-refractivity contribution is 7.90. The van der Waals surface area contributed by atoms with Gasteiger partial charge in [0.2, 0.25) is 0 Å². The number of hydrogen-bond donors (Lipinski definition) is 1. The molecular weight excluding hydrogens is 354 g/mol. The molecule has 1 aromatic carbocycles. The van der Waals surface area contributed by atoms with Crippen molar-refractivity contribution in [2.75, 3.05) is 24.7 Å². The van der Waals surface area contributed by atoms with Gasteiger partial charge in [-0.3, -0.25) is 0 Å². The molecule has 0 radical (unpaired) electrons. The Hall–Kier alpha value is -2.68. The zero-order chi connectivity index (χ0) is 18.1. The zero-order valence-corrected chi connectivity index (χ0v) is 15.1. The summed E-state index contributed by atoms with van der Waals surface area (Å²) >= 11 is 0. The summed E-state index contributed by atoms with van der Waals surface area (Å²) in [6.45, 7) is 0.989. The van der Waals surface area contributed by atoms with E-state index in [1.54, 1.807) is 28.8 Å². The Morgan fingerprint density at radius 1 is 1.15 bits per heavy atom. The summed E-state index contributed by atoms with van der Waals surface area (Å²) in [5, 5.41) is 16.1. The second-order valence-corrected chi connectivity index (χ2v) is 8.36. The first-order valence-electron chi connectivity index (χ1n) is 8.40. The van der Waals surface area contributed by atoms with Gasteiger partial charge in [-0.25, -0.2) is 8.42 Å². The van der Waals surface area contributed by atoms with Crippen molar-refractivity contribution in [1.82, 2.24) is 19.8 Å². The molecule has 26 heavy (non-hydrogen) atoms. The van der Waals surface area contributed by atoms with Gasteiger partial charge in [0.1, 0.15) is 18.2 Å². The number of hydrogen-bond acceptors (Lipinski definition) is 7. The first-order valence-corrected chi connectivity index (χ1v) is 10.3. The van der Waals surface area contributed by atoms with Crippen molar-refractivity contribution in [3.8, 4) is 5.75 Å². The molecule has 0 bridgehead atoms. The number of nitrogens with one attached hydrogen (secondary N) is 1. The summed E-state index contributed by atoms with van der Waals surface area (Å²) in [6, 6.07) is 10.1. The Morgan fingerprint density at radius 3 is 2.62 bits per heavy atom. The fourth-order valence-electron chi connectivity index (χ4n) is 2.63. The maximum Gasteiger partial charge on any atom is 0.178 e. The van der Waals surface area contributed by atoms with Gasteiger partial charge in [-0.05, 0) is 49.2 Å². The molecule has 0 spiro atoms. The van der Waals surface area contributed by atoms with Crippen LogP contribution in [-0.2, 0) is 9.84 Å². The predicted octanol–water partition coefficient (Wildman–Crippen LogP) is 1.90. The lowest BCUT2D eigenvalue weighted by atomic mass is 10.3. The maximum atomic E-state index is 11.4. The lowest BCUT2D eigenvalue weighted by molar-refractivity contribution is 0.332. The van der Waals surface area contributed by atoms with Crippen molar-refractivity contribution < 1.29 is 13.2 Å². The van der Waals surface area contributed by atoms with E-state index in [0.717, 1.165) is 30.1 Å². The van der Waals surface area contributed by atoms with Crippen LogP contribution in [0.2, 0.25) is 0 Å². The molecule has 1 aliphatic rings. The quantitative estimate of drug-likeness (QED) is 0.632. The van der Waals surface area contributed by atoms with Gasteiger partial charge < -0.3 is 10.1 Å². The topological polar surface area (TPSA) is 98.5 Å². The van der Waals surface area contributed by atoms with E-state index < -0.39 is 9.84 Å². The number of anilines is 1. The predicted molar refractivity (Wildman–Crippen MR) is 96.3 cm³/mol. The number of ether oxygens (including phenoxy) is 1. The van der Waals surface area contributed by atoms with Crippen molar-refractivity contribution in [3.63, 3.8) is 0 Å². The molecule has 1 aliphatic carbocycles. The molecular formula is C17H19N5O3S. The van der Waals surface area contributed by atoms with Crippen LogP contribution in [0.1, 0.15) is 24.6 Å². The molecule has 0 saturated heterocycles. The fraction of sp³-hybridized carbons (Fsp3) is 0.353. The summed E-state index contributed by atoms with van der Waals surface area (Å²) in [6.07, 6.45) is 3.47. The van der Waals surface area contributed by atoms with E-state index >= 15 is 0 Å². The van der Waals surface area contributed by atoms with Gasteiger partial charge >= 0.3 is 0 Å². The lowest BCUT2D eigenvalue weighted by Gasteiger charge is -2.09. The van der Waals surface area contributed by atoms with E-state index in [-0.39, 0.29) is 4.90 Å². The van der Waals surface area contributed by atoms with Crippen LogP contribution in [0.15, 0.2) is 41.3 Å². The van der Waals surface area contributed by atoms with Gasteiger partial charge in [0.25, 0.3) is 0 Å². The second-order valence-electron chi connectivity index (χ2n) is 6.34. The molecule has 1 saturated carbocycles. The van der Waals surface area contributed by atoms with E-state index in [1.807, 2.05) is 12.1 Å². The Morgan fingerprint density at radius 2 is 1.92 bits per heavy atom. The van der Waals surface area contributed by atoms with Crippen molar-refractivity contribution in [2.45, 2.75) is 23.7 Å². The number of sulfone groups is 1. The minimum Gasteiger partial charge on any atom is -0.492 e. The van der Waals surface area contributed by atoms with Crippen LogP contribution in [0.4, 0.5) is 5.82 Å². The summed E-state index contributed by atoms with van der Waals surface area (Å²) < 4.78 is 30.3. The van der Waals surface area contributed by atoms with Crippen molar-refractivity contribution in [1.29, 1.82) is 0 Å². The van der Waals surface area contributed by atoms with Crippen LogP contribution in [0.25, 0.3) is 5.65 Å². The molecule has 3 aromatic rings. The Bertz CT molecular complexity index is 1030. The van der Waals surface area contributed by atoms with E-state index in [9.17, 15) is 8.42 Å². The van der Waals surface area contributed by atoms with Crippen molar-refractivity contribution in [2.24, 2.45) is 0 Å². The van der Waals surface area contributed by atoms with E-state index in [0.29, 0.717) is 24.8 Å². The molecule has 0 amide bonds. The zero-order valence-electron chi connectivity index (χ0n) is 14.3. The highest BCUT2D eigenvalue weighted by atomic mass is 32.2. The fourth-order valence-corrected chi connectivity index (χ4v) is 3.26. The smallest absolute Gasteiger partial charge is 0.178 e. The average Bonchev–Trinajstić information content (AvgIpc) is 3.38. The summed E-state index contributed by atoms with van der Waals surface area (Å²) in [7, 11) is -3.19. The minimum absolute atomic E-state index is 0.279. The van der Waals surface area contributed by atoms with E-state index in [4.69, 9.17) is 4.74 Å². The highest BCUT2D eigenvalue weighted by Gasteiger charge is 2.29. The maximum absolute atomic E-state index is 11.4. The summed E-state index contributed by atoms with van der Waals surface area (Å²) in [5.41, 5.74) is 0.750. The van der Waals surface area contributed by atoms with E-state index in [1.165, 1.54) is 6.26 Å². The lowest BCUT2D eigenvalue weighted by Crippen LogP contribution is -2.13. The normalized spacial score (nSPS) is 14.5. The molecule has 2 aromatic heterocycles. The Labute approximate surface area is 151 Å². The first kappa shape index (κ1) is 16.8. The van der Waals surface area contributed by atoms with Crippen LogP contribution in [0.3, 0.4) is 0 Å². The molecule has 136 valence electrons. The molecule has 0 atom stereocenters. The third-order valence-electron chi connectivity index (χ3n) is 4.16. The largest absolute Gasteiger partial charge is 0.492 e. The van der Waals surface area contributed by atoms with Gasteiger partial charge in [-0.15, -0.1) is 15.3 Å². The standard InChI is InChI=1S/C17H19N5O3S/c1-26(23,24)14-6-4-13(5-7-14)25-11-10-18-15-8-9-16-19-20-17(12-2-3-12)22(16)21-15/h4-9,12H,2-3,10-11H2,1H3,(H,18,21). The molecule has 8 nitrogen and oxygen atoms in total. The number of fused-ring (bicyclic) bond motifs is 1. The third kappa shape index (κ3) is 3.62. The van der Waals surface area contributed by atoms with E-state index in [2.05, 4.69) is 20.6 Å². The number of nitrogens with zero attached hydrogens (tertiary/aromatic N) is 4. The average molecular weight is 373 g/mol. The van der Waals surface area contributed by atoms with Crippen LogP contribution in [-0.4, -0.2) is 47.6 Å². The Kier molecular flexibility index (Phi) is 4.23. The molecule has 1 N–H and O–H groups in total. The van der Waals surface area contributed by atoms with Gasteiger partial charge in [-0.2, -0.15) is 4.52 Å². The molecule has 4 rings (SSSR count). The Balaban J connectivity index is 1.33. The first-order chi connectivity index (χ1) is 12.5. The van der Waals surface area contributed by atoms with Crippen molar-refractivity contribution >= 4 is 21.3 Å². The third-order valence-corrected chi connectivity index (χ3v) is 5.29. The van der Waals surface area contributed by atoms with Crippen LogP contribution >= 0.6 is 0 Å². The number of rotatable bonds is 7. The number of benzene rings is 1. The molecule has 0 unspecified atom stereocenters.